The van der Waals surface area contributed by atoms with Crippen molar-refractivity contribution >= 4 is 0 Å². The summed E-state index contributed by atoms with van der Waals surface area (Å²) in [5.74, 6) is 0.479. The van der Waals surface area contributed by atoms with Gasteiger partial charge in [-0.25, -0.2) is 0 Å². The van der Waals surface area contributed by atoms with Gasteiger partial charge in [-0.3, -0.25) is 0 Å². The average molecular weight is 222 g/mol. The van der Waals surface area contributed by atoms with Crippen LogP contribution in [0.5, 0.6) is 0 Å². The molecule has 2 saturated carbocycles. The first kappa shape index (κ1) is 12.2. The Morgan fingerprint density at radius 3 is 2.50 bits per heavy atom. The van der Waals surface area contributed by atoms with E-state index in [0.29, 0.717) is 11.3 Å². The van der Waals surface area contributed by atoms with Crippen LogP contribution in [0.25, 0.3) is 0 Å². The van der Waals surface area contributed by atoms with E-state index in [1.54, 1.807) is 5.57 Å². The van der Waals surface area contributed by atoms with Gasteiger partial charge in [-0.15, -0.1) is 0 Å². The average Bonchev–Trinajstić information content (AvgIpc) is 2.15. The first-order chi connectivity index (χ1) is 7.35. The van der Waals surface area contributed by atoms with Crippen molar-refractivity contribution in [1.82, 2.24) is 0 Å². The first-order valence-electron chi connectivity index (χ1n) is 6.73. The van der Waals surface area contributed by atoms with E-state index in [1.807, 2.05) is 0 Å². The summed E-state index contributed by atoms with van der Waals surface area (Å²) in [5, 5.41) is 10.6. The Morgan fingerprint density at radius 1 is 1.19 bits per heavy atom. The zero-order valence-electron chi connectivity index (χ0n) is 11.3. The zero-order chi connectivity index (χ0) is 12.0. The van der Waals surface area contributed by atoms with Gasteiger partial charge in [0.2, 0.25) is 0 Å². The molecule has 0 bridgehead atoms. The predicted molar refractivity (Wildman–Crippen MR) is 68.3 cm³/mol. The Bertz CT molecular complexity index is 309. The second-order valence-corrected chi connectivity index (χ2v) is 6.73. The normalized spacial score (nSPS) is 44.1. The molecule has 3 atom stereocenters. The Balaban J connectivity index is 2.28. The van der Waals surface area contributed by atoms with Gasteiger partial charge in [0.05, 0.1) is 5.60 Å². The molecule has 92 valence electrons. The molecule has 0 aromatic rings. The number of fused-ring (bicyclic) bond motifs is 1. The Hall–Kier alpha value is -0.300. The van der Waals surface area contributed by atoms with E-state index in [4.69, 9.17) is 0 Å². The lowest BCUT2D eigenvalue weighted by atomic mass is 9.54. The van der Waals surface area contributed by atoms with Crippen molar-refractivity contribution in [2.75, 3.05) is 0 Å². The van der Waals surface area contributed by atoms with Gasteiger partial charge in [-0.1, -0.05) is 24.5 Å². The highest BCUT2D eigenvalue weighted by Crippen LogP contribution is 2.55. The van der Waals surface area contributed by atoms with Gasteiger partial charge in [-0.2, -0.15) is 0 Å². The topological polar surface area (TPSA) is 20.2 Å². The molecule has 0 aromatic heterocycles. The summed E-state index contributed by atoms with van der Waals surface area (Å²) in [6, 6.07) is 0. The maximum atomic E-state index is 10.6. The summed E-state index contributed by atoms with van der Waals surface area (Å²) in [4.78, 5) is 0. The molecule has 0 aliphatic heterocycles. The molecule has 0 heterocycles. The van der Waals surface area contributed by atoms with Crippen LogP contribution in [0, 0.1) is 11.3 Å². The minimum absolute atomic E-state index is 0.390. The molecule has 16 heavy (non-hydrogen) atoms. The lowest BCUT2D eigenvalue weighted by Crippen LogP contribution is -2.50. The van der Waals surface area contributed by atoms with Gasteiger partial charge >= 0.3 is 0 Å². The van der Waals surface area contributed by atoms with E-state index in [1.165, 1.54) is 31.3 Å². The van der Waals surface area contributed by atoms with Crippen molar-refractivity contribution in [3.05, 3.63) is 11.1 Å². The maximum Gasteiger partial charge on any atom is 0.0656 e. The summed E-state index contributed by atoms with van der Waals surface area (Å²) in [6.45, 7) is 8.89. The van der Waals surface area contributed by atoms with Gasteiger partial charge < -0.3 is 5.11 Å². The number of aliphatic hydroxyl groups is 1. The summed E-state index contributed by atoms with van der Waals surface area (Å²) in [6.07, 6.45) is 7.16. The molecule has 0 aromatic carbocycles. The number of allylic oxidation sites excluding steroid dienone is 2. The molecule has 0 unspecified atom stereocenters. The second kappa shape index (κ2) is 3.87. The number of hydrogen-bond acceptors (Lipinski definition) is 1. The van der Waals surface area contributed by atoms with Gasteiger partial charge in [0, 0.05) is 0 Å². The van der Waals surface area contributed by atoms with Crippen LogP contribution in [0.4, 0.5) is 0 Å². The summed E-state index contributed by atoms with van der Waals surface area (Å²) in [7, 11) is 0. The molecule has 2 rings (SSSR count). The summed E-state index contributed by atoms with van der Waals surface area (Å²) >= 11 is 0. The molecule has 2 aliphatic rings. The molecule has 1 nitrogen and oxygen atoms in total. The fourth-order valence-corrected chi connectivity index (χ4v) is 3.95. The molecule has 0 saturated heterocycles. The fourth-order valence-electron chi connectivity index (χ4n) is 3.95. The maximum absolute atomic E-state index is 10.6. The van der Waals surface area contributed by atoms with E-state index < -0.39 is 5.60 Å². The molecular formula is C15H26O. The summed E-state index contributed by atoms with van der Waals surface area (Å²) in [5.41, 5.74) is 3.03. The molecule has 2 aliphatic carbocycles. The van der Waals surface area contributed by atoms with Gasteiger partial charge in [0.25, 0.3) is 0 Å². The minimum Gasteiger partial charge on any atom is -0.390 e. The lowest BCUT2D eigenvalue weighted by Gasteiger charge is -2.53. The smallest absolute Gasteiger partial charge is 0.0656 e. The van der Waals surface area contributed by atoms with Crippen molar-refractivity contribution in [3.8, 4) is 0 Å². The highest BCUT2D eigenvalue weighted by molar-refractivity contribution is 5.18. The third kappa shape index (κ3) is 1.95. The second-order valence-electron chi connectivity index (χ2n) is 6.73. The monoisotopic (exact) mass is 222 g/mol. The molecule has 2 fully saturated rings. The van der Waals surface area contributed by atoms with Crippen LogP contribution in [-0.2, 0) is 0 Å². The minimum atomic E-state index is -0.436. The highest BCUT2D eigenvalue weighted by Gasteiger charge is 2.49. The predicted octanol–water partition coefficient (Wildman–Crippen LogP) is 4.06. The van der Waals surface area contributed by atoms with Crippen LogP contribution in [-0.4, -0.2) is 10.7 Å². The van der Waals surface area contributed by atoms with Crippen LogP contribution < -0.4 is 0 Å². The highest BCUT2D eigenvalue weighted by atomic mass is 16.3. The van der Waals surface area contributed by atoms with Crippen LogP contribution >= 0.6 is 0 Å². The van der Waals surface area contributed by atoms with E-state index >= 15 is 0 Å². The SMILES string of the molecule is CC(C)=C1CC[C@]2(C)CCC[C@](C)(O)[C@H]2C1. The number of hydrogen-bond donors (Lipinski definition) is 1. The van der Waals surface area contributed by atoms with Gasteiger partial charge in [0.1, 0.15) is 0 Å². The molecular weight excluding hydrogens is 196 g/mol. The van der Waals surface area contributed by atoms with Crippen molar-refractivity contribution in [2.45, 2.75) is 71.8 Å². The molecule has 0 amide bonds. The van der Waals surface area contributed by atoms with Crippen molar-refractivity contribution in [1.29, 1.82) is 0 Å². The van der Waals surface area contributed by atoms with E-state index in [0.717, 1.165) is 12.8 Å². The summed E-state index contributed by atoms with van der Waals surface area (Å²) < 4.78 is 0. The van der Waals surface area contributed by atoms with Gasteiger partial charge in [0.15, 0.2) is 0 Å². The van der Waals surface area contributed by atoms with Crippen LogP contribution in [0.3, 0.4) is 0 Å². The van der Waals surface area contributed by atoms with Crippen LogP contribution in [0.2, 0.25) is 0 Å². The van der Waals surface area contributed by atoms with Crippen molar-refractivity contribution in [3.63, 3.8) is 0 Å². The van der Waals surface area contributed by atoms with Crippen molar-refractivity contribution in [2.24, 2.45) is 11.3 Å². The van der Waals surface area contributed by atoms with Crippen molar-refractivity contribution < 1.29 is 5.11 Å². The largest absolute Gasteiger partial charge is 0.390 e. The molecule has 0 radical (unpaired) electrons. The third-order valence-corrected chi connectivity index (χ3v) is 5.18. The Morgan fingerprint density at radius 2 is 1.88 bits per heavy atom. The molecule has 0 spiro atoms. The number of rotatable bonds is 0. The third-order valence-electron chi connectivity index (χ3n) is 5.18. The zero-order valence-corrected chi connectivity index (χ0v) is 11.3. The van der Waals surface area contributed by atoms with E-state index in [-0.39, 0.29) is 0 Å². The van der Waals surface area contributed by atoms with E-state index in [2.05, 4.69) is 27.7 Å². The molecule has 1 N–H and O–H groups in total. The van der Waals surface area contributed by atoms with Gasteiger partial charge in [-0.05, 0) is 64.2 Å². The first-order valence-corrected chi connectivity index (χ1v) is 6.73. The fraction of sp³-hybridized carbons (Fsp3) is 0.867. The van der Waals surface area contributed by atoms with Crippen LogP contribution in [0.1, 0.15) is 66.2 Å². The standard InChI is InChI=1S/C15H26O/c1-11(2)12-6-9-14(3)7-5-8-15(4,16)13(14)10-12/h13,16H,5-10H2,1-4H3/t13-,14-,15-/m0/s1. The van der Waals surface area contributed by atoms with Crippen LogP contribution in [0.15, 0.2) is 11.1 Å². The Labute approximate surface area is 99.9 Å². The Kier molecular flexibility index (Phi) is 2.94. The van der Waals surface area contributed by atoms with E-state index in [9.17, 15) is 5.11 Å². The quantitative estimate of drug-likeness (QED) is 0.613. The molecule has 1 heteroatoms. The lowest BCUT2D eigenvalue weighted by molar-refractivity contribution is -0.105.